The van der Waals surface area contributed by atoms with E-state index in [0.29, 0.717) is 0 Å². The van der Waals surface area contributed by atoms with Crippen LogP contribution in [0.1, 0.15) is 29.8 Å². The molecule has 2 nitrogen and oxygen atoms in total. The number of hydrogen-bond acceptors (Lipinski definition) is 1. The SMILES string of the molecule is Cc1nc(-c2ccc3c(c2)CCCC3)c(Br)[nH]1. The summed E-state index contributed by atoms with van der Waals surface area (Å²) in [7, 11) is 0. The zero-order valence-corrected chi connectivity index (χ0v) is 11.5. The highest BCUT2D eigenvalue weighted by Gasteiger charge is 2.13. The number of aryl methyl sites for hydroxylation is 3. The van der Waals surface area contributed by atoms with Crippen molar-refractivity contribution >= 4 is 15.9 Å². The van der Waals surface area contributed by atoms with E-state index in [0.717, 1.165) is 16.1 Å². The number of aromatic nitrogens is 2. The smallest absolute Gasteiger partial charge is 0.110 e. The molecule has 3 rings (SSSR count). The molecule has 0 bridgehead atoms. The van der Waals surface area contributed by atoms with Gasteiger partial charge in [0.15, 0.2) is 0 Å². The van der Waals surface area contributed by atoms with Gasteiger partial charge < -0.3 is 4.98 Å². The number of aromatic amines is 1. The molecular formula is C14H15BrN2. The van der Waals surface area contributed by atoms with E-state index in [1.54, 1.807) is 0 Å². The lowest BCUT2D eigenvalue weighted by molar-refractivity contribution is 0.686. The molecule has 1 heterocycles. The van der Waals surface area contributed by atoms with Gasteiger partial charge in [0.05, 0.1) is 0 Å². The zero-order valence-electron chi connectivity index (χ0n) is 9.89. The third-order valence-corrected chi connectivity index (χ3v) is 3.97. The second kappa shape index (κ2) is 4.30. The maximum absolute atomic E-state index is 4.53. The number of fused-ring (bicyclic) bond motifs is 1. The van der Waals surface area contributed by atoms with Gasteiger partial charge in [-0.1, -0.05) is 12.1 Å². The largest absolute Gasteiger partial charge is 0.336 e. The number of nitrogens with one attached hydrogen (secondary N) is 1. The average molecular weight is 291 g/mol. The van der Waals surface area contributed by atoms with Crippen LogP contribution in [0, 0.1) is 6.92 Å². The standard InChI is InChI=1S/C14H15BrN2/c1-9-16-13(14(15)17-9)12-7-6-10-4-2-3-5-11(10)8-12/h6-8H,2-5H2,1H3,(H,16,17). The Labute approximate surface area is 110 Å². The Morgan fingerprint density at radius 1 is 1.18 bits per heavy atom. The monoisotopic (exact) mass is 290 g/mol. The average Bonchev–Trinajstić information content (AvgIpc) is 2.68. The maximum atomic E-state index is 4.53. The van der Waals surface area contributed by atoms with Crippen molar-refractivity contribution in [3.8, 4) is 11.3 Å². The number of benzene rings is 1. The minimum Gasteiger partial charge on any atom is -0.336 e. The minimum absolute atomic E-state index is 0.949. The third kappa shape index (κ3) is 2.04. The normalized spacial score (nSPS) is 14.7. The quantitative estimate of drug-likeness (QED) is 0.844. The molecule has 0 fully saturated rings. The van der Waals surface area contributed by atoms with Crippen LogP contribution in [0.2, 0.25) is 0 Å². The molecule has 1 N–H and O–H groups in total. The van der Waals surface area contributed by atoms with Crippen molar-refractivity contribution in [2.75, 3.05) is 0 Å². The second-order valence-corrected chi connectivity index (χ2v) is 5.47. The molecule has 0 saturated carbocycles. The van der Waals surface area contributed by atoms with Crippen molar-refractivity contribution in [3.05, 3.63) is 39.8 Å². The first-order valence-corrected chi connectivity index (χ1v) is 6.87. The lowest BCUT2D eigenvalue weighted by Gasteiger charge is -2.16. The Kier molecular flexibility index (Phi) is 2.79. The van der Waals surface area contributed by atoms with Crippen molar-refractivity contribution in [1.82, 2.24) is 9.97 Å². The van der Waals surface area contributed by atoms with E-state index in [2.05, 4.69) is 44.1 Å². The predicted molar refractivity (Wildman–Crippen MR) is 73.1 cm³/mol. The summed E-state index contributed by atoms with van der Waals surface area (Å²) in [6, 6.07) is 6.75. The van der Waals surface area contributed by atoms with E-state index in [9.17, 15) is 0 Å². The summed E-state index contributed by atoms with van der Waals surface area (Å²) in [5, 5.41) is 0. The topological polar surface area (TPSA) is 28.7 Å². The lowest BCUT2D eigenvalue weighted by Crippen LogP contribution is -2.02. The summed E-state index contributed by atoms with van der Waals surface area (Å²) in [6.07, 6.45) is 5.09. The molecule has 0 atom stereocenters. The molecule has 1 aliphatic carbocycles. The molecule has 17 heavy (non-hydrogen) atoms. The van der Waals surface area contributed by atoms with Crippen LogP contribution in [0.4, 0.5) is 0 Å². The maximum Gasteiger partial charge on any atom is 0.110 e. The molecule has 1 aromatic heterocycles. The van der Waals surface area contributed by atoms with Gasteiger partial charge in [0.1, 0.15) is 16.1 Å². The van der Waals surface area contributed by atoms with E-state index in [4.69, 9.17) is 0 Å². The molecular weight excluding hydrogens is 276 g/mol. The number of nitrogens with zero attached hydrogens (tertiary/aromatic N) is 1. The van der Waals surface area contributed by atoms with Crippen molar-refractivity contribution in [2.24, 2.45) is 0 Å². The van der Waals surface area contributed by atoms with Gasteiger partial charge in [0, 0.05) is 5.56 Å². The van der Waals surface area contributed by atoms with Crippen LogP contribution in [0.3, 0.4) is 0 Å². The Morgan fingerprint density at radius 2 is 1.94 bits per heavy atom. The Balaban J connectivity index is 2.06. The molecule has 3 heteroatoms. The first kappa shape index (κ1) is 11.0. The molecule has 0 amide bonds. The number of H-pyrrole nitrogens is 1. The number of imidazole rings is 1. The minimum atomic E-state index is 0.949. The molecule has 0 saturated heterocycles. The van der Waals surface area contributed by atoms with Gasteiger partial charge in [0.25, 0.3) is 0 Å². The highest BCUT2D eigenvalue weighted by Crippen LogP contribution is 2.30. The van der Waals surface area contributed by atoms with E-state index in [1.807, 2.05) is 6.92 Å². The fraction of sp³-hybridized carbons (Fsp3) is 0.357. The lowest BCUT2D eigenvalue weighted by atomic mass is 9.90. The van der Waals surface area contributed by atoms with Gasteiger partial charge in [-0.25, -0.2) is 4.98 Å². The van der Waals surface area contributed by atoms with Gasteiger partial charge in [0.2, 0.25) is 0 Å². The fourth-order valence-corrected chi connectivity index (χ4v) is 3.14. The van der Waals surface area contributed by atoms with Crippen molar-refractivity contribution < 1.29 is 0 Å². The number of rotatable bonds is 1. The van der Waals surface area contributed by atoms with Gasteiger partial charge in [-0.2, -0.15) is 0 Å². The van der Waals surface area contributed by atoms with Crippen LogP contribution in [-0.4, -0.2) is 9.97 Å². The number of hydrogen-bond donors (Lipinski definition) is 1. The number of halogens is 1. The van der Waals surface area contributed by atoms with E-state index in [1.165, 1.54) is 42.4 Å². The Bertz CT molecular complexity index is 557. The summed E-state index contributed by atoms with van der Waals surface area (Å²) < 4.78 is 0.978. The van der Waals surface area contributed by atoms with Crippen LogP contribution in [0.25, 0.3) is 11.3 Å². The molecule has 0 radical (unpaired) electrons. The molecule has 1 aromatic carbocycles. The molecule has 1 aliphatic rings. The van der Waals surface area contributed by atoms with Crippen molar-refractivity contribution in [3.63, 3.8) is 0 Å². The van der Waals surface area contributed by atoms with Crippen LogP contribution >= 0.6 is 15.9 Å². The van der Waals surface area contributed by atoms with E-state index in [-0.39, 0.29) is 0 Å². The molecule has 2 aromatic rings. The first-order valence-electron chi connectivity index (χ1n) is 6.08. The highest BCUT2D eigenvalue weighted by atomic mass is 79.9. The van der Waals surface area contributed by atoms with Crippen LogP contribution in [0.15, 0.2) is 22.8 Å². The second-order valence-electron chi connectivity index (χ2n) is 4.68. The Morgan fingerprint density at radius 3 is 2.65 bits per heavy atom. The van der Waals surface area contributed by atoms with Gasteiger partial charge >= 0.3 is 0 Å². The molecule has 0 spiro atoms. The summed E-state index contributed by atoms with van der Waals surface area (Å²) in [4.78, 5) is 7.72. The summed E-state index contributed by atoms with van der Waals surface area (Å²) >= 11 is 3.53. The van der Waals surface area contributed by atoms with Crippen LogP contribution in [-0.2, 0) is 12.8 Å². The fourth-order valence-electron chi connectivity index (χ4n) is 2.53. The van der Waals surface area contributed by atoms with Crippen LogP contribution < -0.4 is 0 Å². The van der Waals surface area contributed by atoms with Crippen LogP contribution in [0.5, 0.6) is 0 Å². The summed E-state index contributed by atoms with van der Waals surface area (Å²) in [5.74, 6) is 0.949. The van der Waals surface area contributed by atoms with Crippen molar-refractivity contribution in [2.45, 2.75) is 32.6 Å². The first-order chi connectivity index (χ1) is 8.24. The van der Waals surface area contributed by atoms with Crippen molar-refractivity contribution in [1.29, 1.82) is 0 Å². The summed E-state index contributed by atoms with van der Waals surface area (Å²) in [6.45, 7) is 1.98. The van der Waals surface area contributed by atoms with Gasteiger partial charge in [-0.3, -0.25) is 0 Å². The van der Waals surface area contributed by atoms with Gasteiger partial charge in [-0.05, 0) is 65.7 Å². The van der Waals surface area contributed by atoms with E-state index < -0.39 is 0 Å². The highest BCUT2D eigenvalue weighted by molar-refractivity contribution is 9.10. The molecule has 0 unspecified atom stereocenters. The predicted octanol–water partition coefficient (Wildman–Crippen LogP) is 4.03. The zero-order chi connectivity index (χ0) is 11.8. The summed E-state index contributed by atoms with van der Waals surface area (Å²) in [5.41, 5.74) is 5.25. The molecule has 88 valence electrons. The Hall–Kier alpha value is -1.09. The molecule has 0 aliphatic heterocycles. The van der Waals surface area contributed by atoms with Gasteiger partial charge in [-0.15, -0.1) is 0 Å². The van der Waals surface area contributed by atoms with E-state index >= 15 is 0 Å². The third-order valence-electron chi connectivity index (χ3n) is 3.40.